The van der Waals surface area contributed by atoms with Crippen LogP contribution in [0.4, 0.5) is 0 Å². The molecule has 0 saturated heterocycles. The SMILES string of the molecule is CC(COC(c1ccccc1)(c1ccccc1)c1ccccc1)C1C(C)C1CC#N.CCC(C)(C)C. The lowest BCUT2D eigenvalue weighted by Crippen LogP contribution is -2.34. The predicted molar refractivity (Wildman–Crippen MR) is 150 cm³/mol. The third-order valence-corrected chi connectivity index (χ3v) is 7.78. The fourth-order valence-electron chi connectivity index (χ4n) is 5.08. The summed E-state index contributed by atoms with van der Waals surface area (Å²) in [7, 11) is 0. The largest absolute Gasteiger partial charge is 0.361 e. The van der Waals surface area contributed by atoms with Crippen LogP contribution < -0.4 is 0 Å². The van der Waals surface area contributed by atoms with Crippen LogP contribution in [0.1, 0.15) is 71.1 Å². The Morgan fingerprint density at radius 3 is 1.53 bits per heavy atom. The third-order valence-electron chi connectivity index (χ3n) is 7.78. The molecule has 0 bridgehead atoms. The molecule has 190 valence electrons. The van der Waals surface area contributed by atoms with Gasteiger partial charge in [0.2, 0.25) is 0 Å². The Bertz CT molecular complexity index is 982. The minimum atomic E-state index is -0.666. The van der Waals surface area contributed by atoms with Crippen molar-refractivity contribution in [3.63, 3.8) is 0 Å². The molecule has 0 amide bonds. The molecule has 0 N–H and O–H groups in total. The first-order valence-corrected chi connectivity index (χ1v) is 13.4. The zero-order chi connectivity index (χ0) is 26.2. The summed E-state index contributed by atoms with van der Waals surface area (Å²) in [4.78, 5) is 0. The Labute approximate surface area is 219 Å². The van der Waals surface area contributed by atoms with Crippen molar-refractivity contribution in [1.29, 1.82) is 5.26 Å². The second kappa shape index (κ2) is 12.4. The Morgan fingerprint density at radius 1 is 0.806 bits per heavy atom. The number of ether oxygens (including phenoxy) is 1. The zero-order valence-electron chi connectivity index (χ0n) is 22.9. The monoisotopic (exact) mass is 481 g/mol. The summed E-state index contributed by atoms with van der Waals surface area (Å²) in [6.45, 7) is 14.1. The van der Waals surface area contributed by atoms with Gasteiger partial charge in [-0.1, -0.05) is 139 Å². The first-order chi connectivity index (χ1) is 17.2. The number of benzene rings is 3. The molecule has 0 heterocycles. The summed E-state index contributed by atoms with van der Waals surface area (Å²) < 4.78 is 6.94. The molecular formula is C34H43NO. The molecule has 3 aromatic rings. The van der Waals surface area contributed by atoms with E-state index in [4.69, 9.17) is 10.00 Å². The predicted octanol–water partition coefficient (Wildman–Crippen LogP) is 8.87. The van der Waals surface area contributed by atoms with Crippen molar-refractivity contribution in [3.8, 4) is 6.07 Å². The molecule has 2 heteroatoms. The summed E-state index contributed by atoms with van der Waals surface area (Å²) in [5.41, 5.74) is 3.27. The van der Waals surface area contributed by atoms with Crippen molar-refractivity contribution in [2.75, 3.05) is 6.61 Å². The molecule has 1 aliphatic carbocycles. The third kappa shape index (κ3) is 6.65. The Hall–Kier alpha value is -2.89. The molecule has 0 radical (unpaired) electrons. The number of nitrogens with zero attached hydrogens (tertiary/aromatic N) is 1. The van der Waals surface area contributed by atoms with Crippen molar-refractivity contribution in [1.82, 2.24) is 0 Å². The maximum absolute atomic E-state index is 9.12. The van der Waals surface area contributed by atoms with E-state index in [1.807, 2.05) is 18.2 Å². The summed E-state index contributed by atoms with van der Waals surface area (Å²) in [6, 6.07) is 33.9. The Balaban J connectivity index is 0.000000538. The van der Waals surface area contributed by atoms with Gasteiger partial charge in [0.1, 0.15) is 5.60 Å². The van der Waals surface area contributed by atoms with Gasteiger partial charge in [-0.3, -0.25) is 0 Å². The van der Waals surface area contributed by atoms with Crippen LogP contribution in [-0.4, -0.2) is 6.61 Å². The van der Waals surface area contributed by atoms with Gasteiger partial charge in [0, 0.05) is 6.42 Å². The molecule has 0 aromatic heterocycles. The number of nitriles is 1. The quantitative estimate of drug-likeness (QED) is 0.301. The highest BCUT2D eigenvalue weighted by molar-refractivity contribution is 5.47. The van der Waals surface area contributed by atoms with Crippen molar-refractivity contribution < 1.29 is 4.74 Å². The van der Waals surface area contributed by atoms with E-state index >= 15 is 0 Å². The second-order valence-corrected chi connectivity index (χ2v) is 11.4. The maximum Gasteiger partial charge on any atom is 0.143 e. The van der Waals surface area contributed by atoms with Crippen LogP contribution in [0, 0.1) is 40.4 Å². The molecule has 3 aromatic carbocycles. The van der Waals surface area contributed by atoms with E-state index in [2.05, 4.69) is 120 Å². The molecule has 2 nitrogen and oxygen atoms in total. The van der Waals surface area contributed by atoms with E-state index in [9.17, 15) is 0 Å². The molecule has 1 aliphatic rings. The van der Waals surface area contributed by atoms with Gasteiger partial charge in [-0.05, 0) is 45.8 Å². The second-order valence-electron chi connectivity index (χ2n) is 11.4. The van der Waals surface area contributed by atoms with Gasteiger partial charge in [0.15, 0.2) is 0 Å². The normalized spacial score (nSPS) is 20.0. The smallest absolute Gasteiger partial charge is 0.143 e. The lowest BCUT2D eigenvalue weighted by molar-refractivity contribution is -0.0103. The highest BCUT2D eigenvalue weighted by atomic mass is 16.5. The molecule has 0 aliphatic heterocycles. The lowest BCUT2D eigenvalue weighted by atomic mass is 9.80. The average molecular weight is 482 g/mol. The van der Waals surface area contributed by atoms with E-state index in [0.29, 0.717) is 42.1 Å². The molecule has 1 fully saturated rings. The van der Waals surface area contributed by atoms with Gasteiger partial charge in [0.05, 0.1) is 12.7 Å². The molecule has 4 atom stereocenters. The van der Waals surface area contributed by atoms with E-state index < -0.39 is 5.60 Å². The van der Waals surface area contributed by atoms with Crippen LogP contribution in [0.3, 0.4) is 0 Å². The fourth-order valence-corrected chi connectivity index (χ4v) is 5.08. The first-order valence-electron chi connectivity index (χ1n) is 13.4. The molecule has 36 heavy (non-hydrogen) atoms. The fraction of sp³-hybridized carbons (Fsp3) is 0.441. The first kappa shape index (κ1) is 27.7. The number of hydrogen-bond donors (Lipinski definition) is 0. The van der Waals surface area contributed by atoms with Crippen molar-refractivity contribution in [3.05, 3.63) is 108 Å². The van der Waals surface area contributed by atoms with Gasteiger partial charge in [-0.2, -0.15) is 5.26 Å². The van der Waals surface area contributed by atoms with E-state index in [1.54, 1.807) is 0 Å². The van der Waals surface area contributed by atoms with Crippen LogP contribution in [0.2, 0.25) is 0 Å². The Morgan fingerprint density at radius 2 is 1.19 bits per heavy atom. The van der Waals surface area contributed by atoms with Crippen LogP contribution in [0.15, 0.2) is 91.0 Å². The summed E-state index contributed by atoms with van der Waals surface area (Å²) >= 11 is 0. The maximum atomic E-state index is 9.12. The van der Waals surface area contributed by atoms with Crippen molar-refractivity contribution in [2.45, 2.75) is 60.0 Å². The minimum absolute atomic E-state index is 0.397. The standard InChI is InChI=1S/C28H29NO.C6H14/c1-21(27-22(2)26(27)18-19-29)20-30-28(23-12-6-3-7-13-23,24-14-8-4-9-15-24)25-16-10-5-11-17-25;1-5-6(2,3)4/h3-17,21-22,26-27H,18,20H2,1-2H3;5H2,1-4H3. The highest BCUT2D eigenvalue weighted by Gasteiger charge is 2.49. The molecular weight excluding hydrogens is 438 g/mol. The molecule has 0 spiro atoms. The Kier molecular flexibility index (Phi) is 9.52. The van der Waals surface area contributed by atoms with Gasteiger partial charge < -0.3 is 4.74 Å². The van der Waals surface area contributed by atoms with E-state index in [0.717, 1.165) is 16.7 Å². The van der Waals surface area contributed by atoms with Crippen LogP contribution in [0.25, 0.3) is 0 Å². The van der Waals surface area contributed by atoms with E-state index in [-0.39, 0.29) is 0 Å². The topological polar surface area (TPSA) is 33.0 Å². The molecule has 1 saturated carbocycles. The van der Waals surface area contributed by atoms with Gasteiger partial charge in [0.25, 0.3) is 0 Å². The molecule has 4 rings (SSSR count). The summed E-state index contributed by atoms with van der Waals surface area (Å²) in [5.74, 6) is 2.06. The summed E-state index contributed by atoms with van der Waals surface area (Å²) in [5, 5.41) is 9.12. The van der Waals surface area contributed by atoms with Gasteiger partial charge in [-0.15, -0.1) is 0 Å². The van der Waals surface area contributed by atoms with Crippen LogP contribution in [0.5, 0.6) is 0 Å². The zero-order valence-corrected chi connectivity index (χ0v) is 22.9. The van der Waals surface area contributed by atoms with Crippen molar-refractivity contribution >= 4 is 0 Å². The average Bonchev–Trinajstić information content (AvgIpc) is 3.55. The molecule has 4 unspecified atom stereocenters. The number of rotatable bonds is 8. The van der Waals surface area contributed by atoms with Gasteiger partial charge in [-0.25, -0.2) is 0 Å². The minimum Gasteiger partial charge on any atom is -0.361 e. The van der Waals surface area contributed by atoms with Crippen molar-refractivity contribution in [2.24, 2.45) is 29.1 Å². The number of hydrogen-bond acceptors (Lipinski definition) is 2. The van der Waals surface area contributed by atoms with Crippen LogP contribution >= 0.6 is 0 Å². The highest BCUT2D eigenvalue weighted by Crippen LogP contribution is 2.53. The van der Waals surface area contributed by atoms with Gasteiger partial charge >= 0.3 is 0 Å². The van der Waals surface area contributed by atoms with E-state index in [1.165, 1.54) is 6.42 Å². The lowest BCUT2D eigenvalue weighted by Gasteiger charge is -2.37. The van der Waals surface area contributed by atoms with Crippen LogP contribution in [-0.2, 0) is 10.3 Å². The summed E-state index contributed by atoms with van der Waals surface area (Å²) in [6.07, 6.45) is 1.92.